The summed E-state index contributed by atoms with van der Waals surface area (Å²) in [7, 11) is 1.96. The standard InChI is InChI=1S/C18H36N6OS/c1-14(2)11-16(7-9-25)12-20-18(19-8-6-10-26-5)21-13-17-23-22-15(3)24(17)4/h14,16,25H,6-13H2,1-5H3,(H2,19,20,21). The summed E-state index contributed by atoms with van der Waals surface area (Å²) in [6.07, 6.45) is 5.12. The summed E-state index contributed by atoms with van der Waals surface area (Å²) < 4.78 is 1.96. The van der Waals surface area contributed by atoms with Crippen molar-refractivity contribution in [2.75, 3.05) is 31.7 Å². The quantitative estimate of drug-likeness (QED) is 0.290. The highest BCUT2D eigenvalue weighted by Gasteiger charge is 2.12. The molecule has 0 saturated carbocycles. The lowest BCUT2D eigenvalue weighted by Gasteiger charge is -2.20. The maximum absolute atomic E-state index is 9.31. The molecule has 1 heterocycles. The van der Waals surface area contributed by atoms with Crippen LogP contribution in [0.1, 0.15) is 44.8 Å². The van der Waals surface area contributed by atoms with E-state index in [9.17, 15) is 5.11 Å². The minimum Gasteiger partial charge on any atom is -0.396 e. The molecule has 1 rings (SSSR count). The molecule has 0 saturated heterocycles. The Hall–Kier alpha value is -1.28. The van der Waals surface area contributed by atoms with Gasteiger partial charge in [-0.05, 0) is 50.0 Å². The van der Waals surface area contributed by atoms with Crippen LogP contribution in [0.4, 0.5) is 0 Å². The van der Waals surface area contributed by atoms with Crippen LogP contribution in [0.25, 0.3) is 0 Å². The summed E-state index contributed by atoms with van der Waals surface area (Å²) in [5.41, 5.74) is 0. The number of hydrogen-bond acceptors (Lipinski definition) is 5. The van der Waals surface area contributed by atoms with Gasteiger partial charge in [0.2, 0.25) is 0 Å². The molecule has 0 bridgehead atoms. The van der Waals surface area contributed by atoms with Gasteiger partial charge in [0.1, 0.15) is 12.4 Å². The van der Waals surface area contributed by atoms with Crippen LogP contribution in [-0.2, 0) is 13.6 Å². The number of hydrogen-bond donors (Lipinski definition) is 3. The second-order valence-corrected chi connectivity index (χ2v) is 8.03. The lowest BCUT2D eigenvalue weighted by atomic mass is 9.94. The fourth-order valence-electron chi connectivity index (χ4n) is 2.73. The van der Waals surface area contributed by atoms with Crippen molar-refractivity contribution < 1.29 is 5.11 Å². The Morgan fingerprint density at radius 3 is 2.65 bits per heavy atom. The Kier molecular flexibility index (Phi) is 11.4. The number of aryl methyl sites for hydroxylation is 1. The van der Waals surface area contributed by atoms with E-state index in [0.29, 0.717) is 18.4 Å². The van der Waals surface area contributed by atoms with Gasteiger partial charge < -0.3 is 20.3 Å². The first kappa shape index (κ1) is 22.8. The van der Waals surface area contributed by atoms with E-state index >= 15 is 0 Å². The normalized spacial score (nSPS) is 13.3. The zero-order valence-electron chi connectivity index (χ0n) is 17.0. The number of aliphatic hydroxyl groups excluding tert-OH is 1. The van der Waals surface area contributed by atoms with Crippen molar-refractivity contribution in [1.82, 2.24) is 25.4 Å². The maximum Gasteiger partial charge on any atom is 0.191 e. The largest absolute Gasteiger partial charge is 0.396 e. The molecule has 26 heavy (non-hydrogen) atoms. The molecule has 0 radical (unpaired) electrons. The van der Waals surface area contributed by atoms with Crippen LogP contribution in [0.15, 0.2) is 4.99 Å². The number of aromatic nitrogens is 3. The Morgan fingerprint density at radius 2 is 2.08 bits per heavy atom. The van der Waals surface area contributed by atoms with Gasteiger partial charge in [-0.1, -0.05) is 13.8 Å². The van der Waals surface area contributed by atoms with E-state index in [0.717, 1.165) is 55.7 Å². The summed E-state index contributed by atoms with van der Waals surface area (Å²) in [5, 5.41) is 24.4. The molecule has 3 N–H and O–H groups in total. The Morgan fingerprint density at radius 1 is 1.31 bits per heavy atom. The van der Waals surface area contributed by atoms with Gasteiger partial charge in [-0.25, -0.2) is 4.99 Å². The van der Waals surface area contributed by atoms with Gasteiger partial charge in [-0.15, -0.1) is 10.2 Å². The average Bonchev–Trinajstić information content (AvgIpc) is 2.91. The smallest absolute Gasteiger partial charge is 0.191 e. The minimum atomic E-state index is 0.227. The highest BCUT2D eigenvalue weighted by Crippen LogP contribution is 2.14. The van der Waals surface area contributed by atoms with Crippen LogP contribution < -0.4 is 10.6 Å². The molecule has 1 unspecified atom stereocenters. The number of nitrogens with one attached hydrogen (secondary N) is 2. The van der Waals surface area contributed by atoms with Crippen LogP contribution in [-0.4, -0.2) is 57.5 Å². The molecule has 1 aromatic heterocycles. The van der Waals surface area contributed by atoms with E-state index in [1.54, 1.807) is 0 Å². The monoisotopic (exact) mass is 384 g/mol. The highest BCUT2D eigenvalue weighted by atomic mass is 32.2. The van der Waals surface area contributed by atoms with Crippen LogP contribution >= 0.6 is 11.8 Å². The maximum atomic E-state index is 9.31. The molecule has 1 atom stereocenters. The van der Waals surface area contributed by atoms with E-state index in [1.807, 2.05) is 30.3 Å². The van der Waals surface area contributed by atoms with Gasteiger partial charge in [-0.3, -0.25) is 0 Å². The molecule has 0 spiro atoms. The van der Waals surface area contributed by atoms with Gasteiger partial charge in [0, 0.05) is 26.7 Å². The average molecular weight is 385 g/mol. The van der Waals surface area contributed by atoms with Crippen molar-refractivity contribution in [3.05, 3.63) is 11.6 Å². The molecule has 150 valence electrons. The highest BCUT2D eigenvalue weighted by molar-refractivity contribution is 7.98. The van der Waals surface area contributed by atoms with Crippen molar-refractivity contribution in [3.63, 3.8) is 0 Å². The number of guanidine groups is 1. The third-order valence-corrected chi connectivity index (χ3v) is 4.98. The van der Waals surface area contributed by atoms with E-state index < -0.39 is 0 Å². The predicted octanol–water partition coefficient (Wildman–Crippen LogP) is 1.96. The van der Waals surface area contributed by atoms with E-state index in [-0.39, 0.29) is 6.61 Å². The summed E-state index contributed by atoms with van der Waals surface area (Å²) in [6.45, 7) is 8.79. The molecule has 0 aliphatic carbocycles. The summed E-state index contributed by atoms with van der Waals surface area (Å²) >= 11 is 1.85. The van der Waals surface area contributed by atoms with Crippen molar-refractivity contribution in [2.45, 2.75) is 46.6 Å². The number of rotatable bonds is 12. The molecular formula is C18H36N6OS. The SMILES string of the molecule is CSCCCNC(=NCc1nnc(C)n1C)NCC(CCO)CC(C)C. The van der Waals surface area contributed by atoms with Crippen molar-refractivity contribution in [3.8, 4) is 0 Å². The molecular weight excluding hydrogens is 348 g/mol. The summed E-state index contributed by atoms with van der Waals surface area (Å²) in [5.74, 6) is 4.72. The van der Waals surface area contributed by atoms with Gasteiger partial charge in [0.15, 0.2) is 11.8 Å². The zero-order chi connectivity index (χ0) is 19.4. The molecule has 1 aromatic rings. The molecule has 0 aromatic carbocycles. The van der Waals surface area contributed by atoms with Crippen molar-refractivity contribution in [2.24, 2.45) is 23.9 Å². The van der Waals surface area contributed by atoms with E-state index in [4.69, 9.17) is 0 Å². The second kappa shape index (κ2) is 13.0. The number of thioether (sulfide) groups is 1. The fraction of sp³-hybridized carbons (Fsp3) is 0.833. The Bertz CT molecular complexity index is 532. The van der Waals surface area contributed by atoms with Crippen LogP contribution in [0.2, 0.25) is 0 Å². The predicted molar refractivity (Wildman–Crippen MR) is 111 cm³/mol. The lowest BCUT2D eigenvalue weighted by Crippen LogP contribution is -2.41. The van der Waals surface area contributed by atoms with Gasteiger partial charge in [0.05, 0.1) is 0 Å². The van der Waals surface area contributed by atoms with E-state index in [1.165, 1.54) is 0 Å². The van der Waals surface area contributed by atoms with Crippen LogP contribution in [0, 0.1) is 18.8 Å². The number of aliphatic imine (C=N–C) groups is 1. The summed E-state index contributed by atoms with van der Waals surface area (Å²) in [4.78, 5) is 4.68. The first-order valence-electron chi connectivity index (χ1n) is 9.44. The van der Waals surface area contributed by atoms with E-state index in [2.05, 4.69) is 45.9 Å². The van der Waals surface area contributed by atoms with Crippen LogP contribution in [0.5, 0.6) is 0 Å². The molecule has 7 nitrogen and oxygen atoms in total. The third kappa shape index (κ3) is 8.89. The molecule has 0 aliphatic heterocycles. The second-order valence-electron chi connectivity index (χ2n) is 7.05. The van der Waals surface area contributed by atoms with Gasteiger partial charge >= 0.3 is 0 Å². The van der Waals surface area contributed by atoms with Crippen molar-refractivity contribution in [1.29, 1.82) is 0 Å². The molecule has 0 amide bonds. The number of nitrogens with zero attached hydrogens (tertiary/aromatic N) is 4. The first-order chi connectivity index (χ1) is 12.5. The molecule has 0 fully saturated rings. The fourth-order valence-corrected chi connectivity index (χ4v) is 3.16. The number of aliphatic hydroxyl groups is 1. The minimum absolute atomic E-state index is 0.227. The molecule has 0 aliphatic rings. The van der Waals surface area contributed by atoms with Crippen LogP contribution in [0.3, 0.4) is 0 Å². The topological polar surface area (TPSA) is 87.4 Å². The lowest BCUT2D eigenvalue weighted by molar-refractivity contribution is 0.243. The Balaban J connectivity index is 2.66. The van der Waals surface area contributed by atoms with Gasteiger partial charge in [0.25, 0.3) is 0 Å². The summed E-state index contributed by atoms with van der Waals surface area (Å²) in [6, 6.07) is 0. The molecule has 8 heteroatoms. The van der Waals surface area contributed by atoms with Gasteiger partial charge in [-0.2, -0.15) is 11.8 Å². The first-order valence-corrected chi connectivity index (χ1v) is 10.8. The third-order valence-electron chi connectivity index (χ3n) is 4.28. The Labute approximate surface area is 162 Å². The van der Waals surface area contributed by atoms with Crippen molar-refractivity contribution >= 4 is 17.7 Å². The zero-order valence-corrected chi connectivity index (χ0v) is 17.8.